The van der Waals surface area contributed by atoms with Gasteiger partial charge in [-0.05, 0) is 93.5 Å². The summed E-state index contributed by atoms with van der Waals surface area (Å²) < 4.78 is 19.2. The standard InChI is InChI=1S/C25H27O3P/c1-14-10-8-9-11-21(14)26-29-27-24-19(6)15(2)12-17(4)22(24)23-18(5)13-16(3)20(7)25(23)28-29/h8-13H,1-7H3. The predicted octanol–water partition coefficient (Wildman–Crippen LogP) is 8.29. The highest BCUT2D eigenvalue weighted by atomic mass is 31.1. The summed E-state index contributed by atoms with van der Waals surface area (Å²) in [5.41, 5.74) is 9.83. The minimum atomic E-state index is -1.65. The van der Waals surface area contributed by atoms with E-state index in [0.717, 1.165) is 44.4 Å². The normalized spacial score (nSPS) is 11.3. The second-order valence-corrected chi connectivity index (χ2v) is 8.94. The van der Waals surface area contributed by atoms with Crippen LogP contribution in [0.15, 0.2) is 44.8 Å². The second kappa shape index (κ2) is 7.31. The van der Waals surface area contributed by atoms with E-state index in [1.807, 2.05) is 31.2 Å². The fourth-order valence-electron chi connectivity index (χ4n) is 3.90. The molecule has 3 aromatic carbocycles. The second-order valence-electron chi connectivity index (χ2n) is 7.94. The van der Waals surface area contributed by atoms with Crippen LogP contribution in [0.25, 0.3) is 21.9 Å². The van der Waals surface area contributed by atoms with Crippen LogP contribution < -0.4 is 4.52 Å². The van der Waals surface area contributed by atoms with Crippen LogP contribution in [0.2, 0.25) is 0 Å². The van der Waals surface area contributed by atoms with Crippen LogP contribution in [0, 0.1) is 48.5 Å². The number of rotatable bonds is 2. The average molecular weight is 406 g/mol. The van der Waals surface area contributed by atoms with Crippen molar-refractivity contribution in [3.05, 3.63) is 75.3 Å². The molecule has 0 radical (unpaired) electrons. The molecule has 0 aliphatic rings. The Balaban J connectivity index is 2.19. The van der Waals surface area contributed by atoms with Gasteiger partial charge in [0.05, 0.1) is 0 Å². The maximum absolute atomic E-state index is 6.46. The molecule has 0 aliphatic carbocycles. The monoisotopic (exact) mass is 406 g/mol. The zero-order valence-corrected chi connectivity index (χ0v) is 19.0. The van der Waals surface area contributed by atoms with Crippen molar-refractivity contribution in [3.63, 3.8) is 0 Å². The molecule has 29 heavy (non-hydrogen) atoms. The predicted molar refractivity (Wildman–Crippen MR) is 122 cm³/mol. The summed E-state index contributed by atoms with van der Waals surface area (Å²) in [4.78, 5) is 0. The summed E-state index contributed by atoms with van der Waals surface area (Å²) in [5.74, 6) is 0.785. The molecule has 150 valence electrons. The molecular formula is C25H27O3P. The van der Waals surface area contributed by atoms with Crippen LogP contribution in [0.5, 0.6) is 5.75 Å². The number of para-hydroxylation sites is 1. The van der Waals surface area contributed by atoms with E-state index >= 15 is 0 Å². The SMILES string of the molecule is Cc1ccccc1Op1oc2c(C)c(C)cc(C)c2c2c(C)cc(C)c(C)c2o1. The van der Waals surface area contributed by atoms with Crippen LogP contribution in [0.4, 0.5) is 0 Å². The van der Waals surface area contributed by atoms with E-state index in [9.17, 15) is 0 Å². The first-order valence-electron chi connectivity index (χ1n) is 9.89. The van der Waals surface area contributed by atoms with Gasteiger partial charge < -0.3 is 12.9 Å². The first-order chi connectivity index (χ1) is 13.8. The minimum Gasteiger partial charge on any atom is -0.390 e. The molecule has 4 heteroatoms. The van der Waals surface area contributed by atoms with Crippen molar-refractivity contribution in [1.29, 1.82) is 0 Å². The Kier molecular flexibility index (Phi) is 4.96. The Morgan fingerprint density at radius 2 is 1.10 bits per heavy atom. The summed E-state index contributed by atoms with van der Waals surface area (Å²) in [5, 5.41) is 2.23. The van der Waals surface area contributed by atoms with Gasteiger partial charge in [-0.3, -0.25) is 0 Å². The molecule has 0 N–H and O–H groups in total. The smallest absolute Gasteiger partial charge is 0.390 e. The van der Waals surface area contributed by atoms with Gasteiger partial charge in [0.25, 0.3) is 0 Å². The Hall–Kier alpha value is -2.64. The van der Waals surface area contributed by atoms with Crippen molar-refractivity contribution in [1.82, 2.24) is 0 Å². The Labute approximate surface area is 172 Å². The van der Waals surface area contributed by atoms with Gasteiger partial charge in [-0.2, -0.15) is 0 Å². The first kappa shape index (κ1) is 19.7. The van der Waals surface area contributed by atoms with Crippen molar-refractivity contribution < 1.29 is 12.9 Å². The molecule has 0 atom stereocenters. The number of hydrogen-bond acceptors (Lipinski definition) is 3. The highest BCUT2D eigenvalue weighted by molar-refractivity contribution is 7.32. The molecule has 0 bridgehead atoms. The van der Waals surface area contributed by atoms with Crippen molar-refractivity contribution >= 4 is 30.2 Å². The maximum Gasteiger partial charge on any atom is 0.453 e. The third kappa shape index (κ3) is 3.34. The Morgan fingerprint density at radius 1 is 0.621 bits per heavy atom. The van der Waals surface area contributed by atoms with Crippen LogP contribution in [-0.2, 0) is 0 Å². The van der Waals surface area contributed by atoms with E-state index in [1.54, 1.807) is 0 Å². The molecule has 0 unspecified atom stereocenters. The lowest BCUT2D eigenvalue weighted by Crippen LogP contribution is -1.90. The van der Waals surface area contributed by atoms with Gasteiger partial charge in [0, 0.05) is 10.8 Å². The lowest BCUT2D eigenvalue weighted by atomic mass is 9.94. The van der Waals surface area contributed by atoms with E-state index in [4.69, 9.17) is 12.9 Å². The van der Waals surface area contributed by atoms with Gasteiger partial charge in [-0.1, -0.05) is 30.3 Å². The fourth-order valence-corrected chi connectivity index (χ4v) is 5.13. The minimum absolute atomic E-state index is 0.785. The molecule has 0 saturated heterocycles. The third-order valence-electron chi connectivity index (χ3n) is 5.82. The molecule has 1 aromatic heterocycles. The number of fused-ring (bicyclic) bond motifs is 3. The van der Waals surface area contributed by atoms with Crippen molar-refractivity contribution in [2.24, 2.45) is 0 Å². The summed E-state index contributed by atoms with van der Waals surface area (Å²) in [6.45, 7) is 14.8. The average Bonchev–Trinajstić information content (AvgIpc) is 2.84. The first-order valence-corrected chi connectivity index (χ1v) is 11.0. The van der Waals surface area contributed by atoms with E-state index in [0.29, 0.717) is 0 Å². The summed E-state index contributed by atoms with van der Waals surface area (Å²) in [6.07, 6.45) is 0. The zero-order chi connectivity index (χ0) is 20.9. The van der Waals surface area contributed by atoms with Gasteiger partial charge in [-0.25, -0.2) is 0 Å². The number of aryl methyl sites for hydroxylation is 7. The van der Waals surface area contributed by atoms with Gasteiger partial charge in [0.15, 0.2) is 0 Å². The molecular weight excluding hydrogens is 379 g/mol. The fraction of sp³-hybridized carbons (Fsp3) is 0.280. The quantitative estimate of drug-likeness (QED) is 0.336. The lowest BCUT2D eigenvalue weighted by Gasteiger charge is -2.10. The summed E-state index contributed by atoms with van der Waals surface area (Å²) in [6, 6.07) is 12.4. The van der Waals surface area contributed by atoms with Gasteiger partial charge in [0.2, 0.25) is 0 Å². The summed E-state index contributed by atoms with van der Waals surface area (Å²) in [7, 11) is -1.65. The van der Waals surface area contributed by atoms with Crippen LogP contribution in [0.1, 0.15) is 38.9 Å². The Bertz CT molecular complexity index is 1220. The molecule has 0 fully saturated rings. The highest BCUT2D eigenvalue weighted by Gasteiger charge is 2.17. The zero-order valence-electron chi connectivity index (χ0n) is 18.1. The maximum atomic E-state index is 6.46. The largest absolute Gasteiger partial charge is 0.453 e. The Morgan fingerprint density at radius 3 is 1.59 bits per heavy atom. The molecule has 0 spiro atoms. The molecule has 0 saturated carbocycles. The molecule has 0 amide bonds. The van der Waals surface area contributed by atoms with Crippen LogP contribution in [-0.4, -0.2) is 0 Å². The number of benzene rings is 3. The van der Waals surface area contributed by atoms with E-state index in [-0.39, 0.29) is 0 Å². The molecule has 1 heterocycles. The van der Waals surface area contributed by atoms with Crippen molar-refractivity contribution in [3.8, 4) is 5.75 Å². The van der Waals surface area contributed by atoms with Gasteiger partial charge in [0.1, 0.15) is 16.9 Å². The van der Waals surface area contributed by atoms with Gasteiger partial charge >= 0.3 is 8.24 Å². The van der Waals surface area contributed by atoms with E-state index in [2.05, 4.69) is 53.7 Å². The molecule has 4 aromatic rings. The van der Waals surface area contributed by atoms with Gasteiger partial charge in [-0.15, -0.1) is 0 Å². The summed E-state index contributed by atoms with van der Waals surface area (Å²) >= 11 is 0. The molecule has 3 nitrogen and oxygen atoms in total. The third-order valence-corrected chi connectivity index (χ3v) is 6.83. The highest BCUT2D eigenvalue weighted by Crippen LogP contribution is 2.42. The van der Waals surface area contributed by atoms with E-state index in [1.165, 1.54) is 22.3 Å². The van der Waals surface area contributed by atoms with E-state index < -0.39 is 8.24 Å². The topological polar surface area (TPSA) is 35.5 Å². The van der Waals surface area contributed by atoms with Crippen molar-refractivity contribution in [2.45, 2.75) is 48.5 Å². The van der Waals surface area contributed by atoms with Crippen molar-refractivity contribution in [2.75, 3.05) is 0 Å². The van der Waals surface area contributed by atoms with Crippen LogP contribution in [0.3, 0.4) is 0 Å². The lowest BCUT2D eigenvalue weighted by molar-refractivity contribution is 0.495. The molecule has 0 aliphatic heterocycles. The van der Waals surface area contributed by atoms with Crippen LogP contribution >= 0.6 is 8.24 Å². The molecule has 4 rings (SSSR count). The number of hydrogen-bond donors (Lipinski definition) is 0.